The van der Waals surface area contributed by atoms with E-state index in [0.717, 1.165) is 0 Å². The van der Waals surface area contributed by atoms with E-state index in [9.17, 15) is 4.79 Å². The van der Waals surface area contributed by atoms with E-state index >= 15 is 0 Å². The molecule has 0 aromatic carbocycles. The number of hydrogen-bond donors (Lipinski definition) is 2. The largest absolute Gasteiger partial charge is 0.464 e. The lowest BCUT2D eigenvalue weighted by molar-refractivity contribution is 0.0593. The number of anilines is 1. The Morgan fingerprint density at radius 2 is 2.24 bits per heavy atom. The zero-order chi connectivity index (χ0) is 12.5. The first-order valence-corrected chi connectivity index (χ1v) is 5.10. The summed E-state index contributed by atoms with van der Waals surface area (Å²) >= 11 is 0. The SMILES string of the molecule is COC(=O)c1cnc(NCCOCCO)cn1. The van der Waals surface area contributed by atoms with Gasteiger partial charge < -0.3 is 19.9 Å². The summed E-state index contributed by atoms with van der Waals surface area (Å²) in [5.41, 5.74) is 0.162. The first-order valence-electron chi connectivity index (χ1n) is 5.10. The Morgan fingerprint density at radius 3 is 2.82 bits per heavy atom. The van der Waals surface area contributed by atoms with Crippen molar-refractivity contribution in [2.24, 2.45) is 0 Å². The van der Waals surface area contributed by atoms with Gasteiger partial charge in [0.25, 0.3) is 0 Å². The fourth-order valence-electron chi connectivity index (χ4n) is 1.05. The van der Waals surface area contributed by atoms with Gasteiger partial charge in [0.1, 0.15) is 5.82 Å². The normalized spacial score (nSPS) is 10.0. The smallest absolute Gasteiger partial charge is 0.358 e. The Hall–Kier alpha value is -1.73. The number of aromatic nitrogens is 2. The molecule has 7 nitrogen and oxygen atoms in total. The first kappa shape index (κ1) is 13.3. The summed E-state index contributed by atoms with van der Waals surface area (Å²) in [6.07, 6.45) is 2.78. The molecule has 2 N–H and O–H groups in total. The van der Waals surface area contributed by atoms with Crippen molar-refractivity contribution in [2.75, 3.05) is 38.8 Å². The second-order valence-electron chi connectivity index (χ2n) is 3.04. The highest BCUT2D eigenvalue weighted by Gasteiger charge is 2.06. The van der Waals surface area contributed by atoms with Gasteiger partial charge in [-0.05, 0) is 0 Å². The van der Waals surface area contributed by atoms with Crippen molar-refractivity contribution in [1.29, 1.82) is 0 Å². The average Bonchev–Trinajstić information content (AvgIpc) is 2.38. The molecule has 7 heteroatoms. The lowest BCUT2D eigenvalue weighted by Gasteiger charge is -2.05. The van der Waals surface area contributed by atoms with E-state index in [1.807, 2.05) is 0 Å². The standard InChI is InChI=1S/C10H15N3O4/c1-16-10(15)8-6-13-9(7-12-8)11-2-4-17-5-3-14/h6-7,14H,2-5H2,1H3,(H,11,13). The number of aliphatic hydroxyl groups excluding tert-OH is 1. The van der Waals surface area contributed by atoms with E-state index in [-0.39, 0.29) is 12.3 Å². The fraction of sp³-hybridized carbons (Fsp3) is 0.500. The quantitative estimate of drug-likeness (QED) is 0.499. The molecule has 0 aliphatic rings. The predicted octanol–water partition coefficient (Wildman–Crippen LogP) is -0.316. The van der Waals surface area contributed by atoms with E-state index in [0.29, 0.717) is 25.6 Å². The highest BCUT2D eigenvalue weighted by molar-refractivity contribution is 5.86. The number of carbonyl (C=O) groups is 1. The summed E-state index contributed by atoms with van der Waals surface area (Å²) in [4.78, 5) is 18.9. The van der Waals surface area contributed by atoms with E-state index in [4.69, 9.17) is 9.84 Å². The van der Waals surface area contributed by atoms with Gasteiger partial charge in [0.05, 0.1) is 39.3 Å². The van der Waals surface area contributed by atoms with Crippen LogP contribution in [0.15, 0.2) is 12.4 Å². The zero-order valence-electron chi connectivity index (χ0n) is 9.55. The molecule has 0 amide bonds. The van der Waals surface area contributed by atoms with Crippen molar-refractivity contribution >= 4 is 11.8 Å². The molecule has 1 aromatic heterocycles. The van der Waals surface area contributed by atoms with Gasteiger partial charge >= 0.3 is 5.97 Å². The third-order valence-electron chi connectivity index (χ3n) is 1.83. The molecule has 1 heterocycles. The van der Waals surface area contributed by atoms with Crippen LogP contribution < -0.4 is 5.32 Å². The van der Waals surface area contributed by atoms with Crippen LogP contribution in [0.4, 0.5) is 5.82 Å². The minimum absolute atomic E-state index is 0.00757. The van der Waals surface area contributed by atoms with Gasteiger partial charge in [-0.1, -0.05) is 0 Å². The minimum atomic E-state index is -0.518. The first-order chi connectivity index (χ1) is 8.27. The molecule has 0 unspecified atom stereocenters. The van der Waals surface area contributed by atoms with E-state index in [2.05, 4.69) is 20.0 Å². The van der Waals surface area contributed by atoms with Crippen LogP contribution in [0.1, 0.15) is 10.5 Å². The van der Waals surface area contributed by atoms with Gasteiger partial charge in [-0.15, -0.1) is 0 Å². The molecule has 1 aromatic rings. The number of ether oxygens (including phenoxy) is 2. The molecule has 0 fully saturated rings. The molecular weight excluding hydrogens is 226 g/mol. The van der Waals surface area contributed by atoms with Gasteiger partial charge in [0.15, 0.2) is 5.69 Å². The summed E-state index contributed by atoms with van der Waals surface area (Å²) in [6, 6.07) is 0. The summed E-state index contributed by atoms with van der Waals surface area (Å²) < 4.78 is 9.55. The maximum Gasteiger partial charge on any atom is 0.358 e. The Morgan fingerprint density at radius 1 is 1.41 bits per heavy atom. The van der Waals surface area contributed by atoms with Crippen molar-refractivity contribution in [3.63, 3.8) is 0 Å². The summed E-state index contributed by atoms with van der Waals surface area (Å²) in [5.74, 6) is 0.0283. The van der Waals surface area contributed by atoms with E-state index < -0.39 is 5.97 Å². The van der Waals surface area contributed by atoms with Crippen molar-refractivity contribution < 1.29 is 19.4 Å². The van der Waals surface area contributed by atoms with Crippen LogP contribution in [-0.4, -0.2) is 54.5 Å². The Labute approximate surface area is 98.8 Å². The molecule has 0 bridgehead atoms. The van der Waals surface area contributed by atoms with E-state index in [1.165, 1.54) is 19.5 Å². The third kappa shape index (κ3) is 4.75. The van der Waals surface area contributed by atoms with Crippen LogP contribution in [-0.2, 0) is 9.47 Å². The molecule has 0 atom stereocenters. The Bertz CT molecular complexity index is 342. The number of nitrogens with zero attached hydrogens (tertiary/aromatic N) is 2. The number of hydrogen-bond acceptors (Lipinski definition) is 7. The molecular formula is C10H15N3O4. The van der Waals surface area contributed by atoms with Gasteiger partial charge in [-0.25, -0.2) is 14.8 Å². The van der Waals surface area contributed by atoms with Crippen molar-refractivity contribution in [3.8, 4) is 0 Å². The third-order valence-corrected chi connectivity index (χ3v) is 1.83. The fourth-order valence-corrected chi connectivity index (χ4v) is 1.05. The molecule has 0 aliphatic heterocycles. The molecule has 94 valence electrons. The summed E-state index contributed by atoms with van der Waals surface area (Å²) in [5, 5.41) is 11.4. The van der Waals surface area contributed by atoms with Crippen LogP contribution in [0, 0.1) is 0 Å². The number of rotatable bonds is 7. The molecule has 0 radical (unpaired) electrons. The number of methoxy groups -OCH3 is 1. The van der Waals surface area contributed by atoms with Crippen molar-refractivity contribution in [2.45, 2.75) is 0 Å². The lowest BCUT2D eigenvalue weighted by Crippen LogP contribution is -2.13. The zero-order valence-corrected chi connectivity index (χ0v) is 9.55. The summed E-state index contributed by atoms with van der Waals surface area (Å²) in [7, 11) is 1.29. The number of nitrogens with one attached hydrogen (secondary N) is 1. The molecule has 0 saturated carbocycles. The number of carbonyl (C=O) groups excluding carboxylic acids is 1. The average molecular weight is 241 g/mol. The second kappa shape index (κ2) is 7.53. The van der Waals surface area contributed by atoms with Gasteiger partial charge in [-0.3, -0.25) is 0 Å². The number of esters is 1. The monoisotopic (exact) mass is 241 g/mol. The van der Waals surface area contributed by atoms with Crippen molar-refractivity contribution in [1.82, 2.24) is 9.97 Å². The van der Waals surface area contributed by atoms with E-state index in [1.54, 1.807) is 0 Å². The minimum Gasteiger partial charge on any atom is -0.464 e. The highest BCUT2D eigenvalue weighted by Crippen LogP contribution is 2.01. The predicted molar refractivity (Wildman–Crippen MR) is 59.8 cm³/mol. The molecule has 17 heavy (non-hydrogen) atoms. The Kier molecular flexibility index (Phi) is 5.91. The topological polar surface area (TPSA) is 93.6 Å². The maximum absolute atomic E-state index is 11.1. The van der Waals surface area contributed by atoms with Gasteiger partial charge in [0.2, 0.25) is 0 Å². The van der Waals surface area contributed by atoms with Crippen molar-refractivity contribution in [3.05, 3.63) is 18.1 Å². The summed E-state index contributed by atoms with van der Waals surface area (Å²) in [6.45, 7) is 1.33. The second-order valence-corrected chi connectivity index (χ2v) is 3.04. The van der Waals surface area contributed by atoms with Gasteiger partial charge in [0, 0.05) is 6.54 Å². The lowest BCUT2D eigenvalue weighted by atomic mass is 10.4. The molecule has 0 saturated heterocycles. The molecule has 0 spiro atoms. The van der Waals surface area contributed by atoms with Crippen LogP contribution in [0.3, 0.4) is 0 Å². The molecule has 0 aliphatic carbocycles. The van der Waals surface area contributed by atoms with Crippen LogP contribution in [0.5, 0.6) is 0 Å². The Balaban J connectivity index is 2.33. The van der Waals surface area contributed by atoms with Crippen LogP contribution in [0.25, 0.3) is 0 Å². The van der Waals surface area contributed by atoms with Crippen LogP contribution in [0.2, 0.25) is 0 Å². The highest BCUT2D eigenvalue weighted by atomic mass is 16.5. The van der Waals surface area contributed by atoms with Gasteiger partial charge in [-0.2, -0.15) is 0 Å². The maximum atomic E-state index is 11.1. The number of aliphatic hydroxyl groups is 1. The van der Waals surface area contributed by atoms with Crippen LogP contribution >= 0.6 is 0 Å². The molecule has 1 rings (SSSR count).